The van der Waals surface area contributed by atoms with Crippen molar-refractivity contribution in [3.05, 3.63) is 72.0 Å². The van der Waals surface area contributed by atoms with E-state index in [1.807, 2.05) is 41.8 Å². The molecule has 0 spiro atoms. The minimum Gasteiger partial charge on any atom is -0.464 e. The Morgan fingerprint density at radius 2 is 1.89 bits per heavy atom. The summed E-state index contributed by atoms with van der Waals surface area (Å²) in [6.45, 7) is 0. The summed E-state index contributed by atoms with van der Waals surface area (Å²) in [5, 5.41) is 14.0. The van der Waals surface area contributed by atoms with Crippen LogP contribution in [0.1, 0.15) is 10.5 Å². The molecule has 0 unspecified atom stereocenters. The maximum absolute atomic E-state index is 11.4. The van der Waals surface area contributed by atoms with Gasteiger partial charge in [0.25, 0.3) is 0 Å². The highest BCUT2D eigenvalue weighted by Crippen LogP contribution is 2.30. The number of benzene rings is 1. The molecule has 0 aliphatic rings. The molecule has 7 nitrogen and oxygen atoms in total. The number of aromatic nitrogens is 4. The van der Waals surface area contributed by atoms with E-state index in [2.05, 4.69) is 25.2 Å². The molecule has 138 valence electrons. The molecule has 1 aromatic carbocycles. The summed E-state index contributed by atoms with van der Waals surface area (Å²) in [5.74, 6) is 0.00939. The zero-order chi connectivity index (χ0) is 19.3. The van der Waals surface area contributed by atoms with Crippen LogP contribution in [0.4, 0.5) is 11.5 Å². The van der Waals surface area contributed by atoms with Gasteiger partial charge in [-0.3, -0.25) is 4.98 Å². The summed E-state index contributed by atoms with van der Waals surface area (Å²) < 4.78 is 4.62. The van der Waals surface area contributed by atoms with Crippen molar-refractivity contribution in [1.82, 2.24) is 20.2 Å². The highest BCUT2D eigenvalue weighted by Gasteiger charge is 2.09. The Morgan fingerprint density at radius 1 is 1.04 bits per heavy atom. The number of nitrogens with one attached hydrogen (secondary N) is 1. The number of hydrogen-bond acceptors (Lipinski definition) is 8. The van der Waals surface area contributed by atoms with E-state index in [0.717, 1.165) is 27.5 Å². The van der Waals surface area contributed by atoms with Gasteiger partial charge in [-0.15, -0.1) is 21.5 Å². The highest BCUT2D eigenvalue weighted by molar-refractivity contribution is 7.13. The average molecular weight is 389 g/mol. The number of nitrogens with zero attached hydrogens (tertiary/aromatic N) is 4. The number of hydrogen-bond donors (Lipinski definition) is 1. The highest BCUT2D eigenvalue weighted by atomic mass is 32.1. The second-order valence-electron chi connectivity index (χ2n) is 5.77. The summed E-state index contributed by atoms with van der Waals surface area (Å²) in [7, 11) is 1.31. The van der Waals surface area contributed by atoms with E-state index in [9.17, 15) is 4.79 Å². The van der Waals surface area contributed by atoms with Crippen LogP contribution in [-0.2, 0) is 4.74 Å². The number of rotatable bonds is 5. The van der Waals surface area contributed by atoms with Gasteiger partial charge in [0.05, 0.1) is 12.8 Å². The van der Waals surface area contributed by atoms with Crippen LogP contribution in [-0.4, -0.2) is 33.2 Å². The lowest BCUT2D eigenvalue weighted by Gasteiger charge is -2.07. The van der Waals surface area contributed by atoms with Gasteiger partial charge in [0.15, 0.2) is 11.5 Å². The summed E-state index contributed by atoms with van der Waals surface area (Å²) in [6.07, 6.45) is 3.51. The third-order valence-corrected chi connectivity index (χ3v) is 4.81. The summed E-state index contributed by atoms with van der Waals surface area (Å²) in [6, 6.07) is 15.0. The Balaban J connectivity index is 1.54. The molecule has 0 saturated heterocycles. The van der Waals surface area contributed by atoms with Crippen molar-refractivity contribution in [3.8, 4) is 21.8 Å². The molecular formula is C20H15N5O2S. The maximum atomic E-state index is 11.4. The van der Waals surface area contributed by atoms with Crippen molar-refractivity contribution in [2.24, 2.45) is 0 Å². The topological polar surface area (TPSA) is 89.9 Å². The quantitative estimate of drug-likeness (QED) is 0.512. The molecule has 3 aromatic heterocycles. The van der Waals surface area contributed by atoms with Gasteiger partial charge in [0.1, 0.15) is 5.01 Å². The van der Waals surface area contributed by atoms with Crippen molar-refractivity contribution >= 4 is 28.8 Å². The molecule has 8 heteroatoms. The fraction of sp³-hybridized carbons (Fsp3) is 0.0500. The third kappa shape index (κ3) is 3.86. The number of carbonyl (C=O) groups excluding carboxylic acids is 1. The first-order valence-electron chi connectivity index (χ1n) is 8.38. The smallest absolute Gasteiger partial charge is 0.358 e. The molecule has 0 aliphatic heterocycles. The first-order valence-corrected chi connectivity index (χ1v) is 9.26. The monoisotopic (exact) mass is 389 g/mol. The van der Waals surface area contributed by atoms with Crippen LogP contribution in [0.5, 0.6) is 0 Å². The van der Waals surface area contributed by atoms with Gasteiger partial charge in [-0.25, -0.2) is 9.78 Å². The molecule has 0 aliphatic carbocycles. The lowest BCUT2D eigenvalue weighted by Crippen LogP contribution is -2.06. The van der Waals surface area contributed by atoms with Crippen molar-refractivity contribution in [1.29, 1.82) is 0 Å². The molecule has 0 amide bonds. The molecule has 4 aromatic rings. The minimum atomic E-state index is -0.519. The van der Waals surface area contributed by atoms with Crippen LogP contribution in [0.15, 0.2) is 66.3 Å². The first kappa shape index (κ1) is 17.7. The predicted octanol–water partition coefficient (Wildman–Crippen LogP) is 4.19. The molecule has 0 fully saturated rings. The Hall–Kier alpha value is -3.65. The number of pyridine rings is 1. The second-order valence-corrected chi connectivity index (χ2v) is 6.63. The fourth-order valence-corrected chi connectivity index (χ4v) is 3.39. The maximum Gasteiger partial charge on any atom is 0.358 e. The van der Waals surface area contributed by atoms with Crippen LogP contribution < -0.4 is 5.32 Å². The Morgan fingerprint density at radius 3 is 2.64 bits per heavy atom. The van der Waals surface area contributed by atoms with Gasteiger partial charge in [0.2, 0.25) is 0 Å². The molecule has 3 heterocycles. The number of thiazole rings is 1. The molecule has 0 atom stereocenters. The number of esters is 1. The van der Waals surface area contributed by atoms with E-state index < -0.39 is 5.97 Å². The molecule has 0 bridgehead atoms. The second kappa shape index (κ2) is 7.93. The minimum absolute atomic E-state index is 0.160. The molecule has 0 saturated carbocycles. The normalized spacial score (nSPS) is 10.5. The van der Waals surface area contributed by atoms with E-state index in [4.69, 9.17) is 4.98 Å². The van der Waals surface area contributed by atoms with Crippen LogP contribution >= 0.6 is 11.3 Å². The summed E-state index contributed by atoms with van der Waals surface area (Å²) >= 11 is 1.59. The Kier molecular flexibility index (Phi) is 5.03. The van der Waals surface area contributed by atoms with E-state index in [-0.39, 0.29) is 5.69 Å². The van der Waals surface area contributed by atoms with Gasteiger partial charge in [-0.2, -0.15) is 0 Å². The van der Waals surface area contributed by atoms with Gasteiger partial charge in [0, 0.05) is 34.6 Å². The van der Waals surface area contributed by atoms with Crippen molar-refractivity contribution < 1.29 is 9.53 Å². The number of carbonyl (C=O) groups is 1. The van der Waals surface area contributed by atoms with E-state index in [1.54, 1.807) is 35.9 Å². The third-order valence-electron chi connectivity index (χ3n) is 3.92. The number of anilines is 2. The molecule has 0 radical (unpaired) electrons. The number of ether oxygens (including phenoxy) is 1. The van der Waals surface area contributed by atoms with Gasteiger partial charge in [-0.1, -0.05) is 12.1 Å². The molecular weight excluding hydrogens is 374 g/mol. The van der Waals surface area contributed by atoms with E-state index in [1.165, 1.54) is 7.11 Å². The Labute approximate surface area is 165 Å². The predicted molar refractivity (Wildman–Crippen MR) is 107 cm³/mol. The van der Waals surface area contributed by atoms with Crippen molar-refractivity contribution in [2.75, 3.05) is 12.4 Å². The largest absolute Gasteiger partial charge is 0.464 e. The summed E-state index contributed by atoms with van der Waals surface area (Å²) in [5.41, 5.74) is 3.93. The average Bonchev–Trinajstić information content (AvgIpc) is 3.25. The van der Waals surface area contributed by atoms with Gasteiger partial charge >= 0.3 is 5.97 Å². The van der Waals surface area contributed by atoms with Crippen LogP contribution in [0.25, 0.3) is 21.8 Å². The van der Waals surface area contributed by atoms with E-state index >= 15 is 0 Å². The SMILES string of the molecule is COC(=O)c1ccc(Nc2cccc(-c3csc(-c4ccncc4)n3)c2)nn1. The van der Waals surface area contributed by atoms with Crippen molar-refractivity contribution in [2.45, 2.75) is 0 Å². The van der Waals surface area contributed by atoms with Gasteiger partial charge in [-0.05, 0) is 36.4 Å². The summed E-state index contributed by atoms with van der Waals surface area (Å²) in [4.78, 5) is 20.2. The van der Waals surface area contributed by atoms with Crippen molar-refractivity contribution in [3.63, 3.8) is 0 Å². The first-order chi connectivity index (χ1) is 13.7. The lowest BCUT2D eigenvalue weighted by atomic mass is 10.1. The van der Waals surface area contributed by atoms with Crippen LogP contribution in [0, 0.1) is 0 Å². The zero-order valence-corrected chi connectivity index (χ0v) is 15.7. The van der Waals surface area contributed by atoms with Crippen LogP contribution in [0.2, 0.25) is 0 Å². The fourth-order valence-electron chi connectivity index (χ4n) is 2.55. The van der Waals surface area contributed by atoms with E-state index in [0.29, 0.717) is 5.82 Å². The zero-order valence-electron chi connectivity index (χ0n) is 14.9. The van der Waals surface area contributed by atoms with Gasteiger partial charge < -0.3 is 10.1 Å². The Bertz CT molecular complexity index is 1100. The standard InChI is InChI=1S/C20H15N5O2S/c1-27-20(26)16-5-6-18(25-24-16)22-15-4-2-3-14(11-15)17-12-28-19(23-17)13-7-9-21-10-8-13/h2-12H,1H3,(H,22,25). The number of methoxy groups -OCH3 is 1. The molecule has 4 rings (SSSR count). The molecule has 1 N–H and O–H groups in total. The lowest BCUT2D eigenvalue weighted by molar-refractivity contribution is 0.0593. The molecule has 28 heavy (non-hydrogen) atoms. The van der Waals surface area contributed by atoms with Crippen LogP contribution in [0.3, 0.4) is 0 Å².